The van der Waals surface area contributed by atoms with Crippen LogP contribution in [0.25, 0.3) is 11.0 Å². The number of alkyl halides is 2. The number of halogens is 2. The number of nitrogens with zero attached hydrogens (tertiary/aromatic N) is 2. The molecule has 24 heavy (non-hydrogen) atoms. The van der Waals surface area contributed by atoms with Crippen LogP contribution in [-0.2, 0) is 9.47 Å². The van der Waals surface area contributed by atoms with Crippen molar-refractivity contribution < 1.29 is 23.0 Å². The smallest absolute Gasteiger partial charge is 0.295 e. The molecule has 0 saturated carbocycles. The van der Waals surface area contributed by atoms with Crippen LogP contribution >= 0.6 is 0 Å². The maximum Gasteiger partial charge on any atom is 0.295 e. The third kappa shape index (κ3) is 2.65. The number of nitrogens with one attached hydrogen (secondary N) is 1. The van der Waals surface area contributed by atoms with Crippen LogP contribution in [0.15, 0.2) is 18.2 Å². The number of hydrogen-bond acceptors (Lipinski definition) is 4. The molecule has 2 fully saturated rings. The zero-order valence-electron chi connectivity index (χ0n) is 12.9. The van der Waals surface area contributed by atoms with E-state index in [1.807, 2.05) is 4.90 Å². The van der Waals surface area contributed by atoms with Crippen LogP contribution in [0.1, 0.15) is 29.0 Å². The third-order valence-corrected chi connectivity index (χ3v) is 4.55. The van der Waals surface area contributed by atoms with Gasteiger partial charge in [-0.1, -0.05) is 0 Å². The van der Waals surface area contributed by atoms with Crippen molar-refractivity contribution in [3.05, 3.63) is 29.6 Å². The molecule has 0 aliphatic carbocycles. The van der Waals surface area contributed by atoms with E-state index in [1.54, 1.807) is 18.2 Å². The minimum Gasteiger partial charge on any atom is -0.379 e. The van der Waals surface area contributed by atoms with E-state index in [4.69, 9.17) is 9.47 Å². The van der Waals surface area contributed by atoms with E-state index in [-0.39, 0.29) is 23.9 Å². The molecule has 2 atom stereocenters. The predicted molar refractivity (Wildman–Crippen MR) is 81.1 cm³/mol. The molecule has 0 unspecified atom stereocenters. The molecule has 0 radical (unpaired) electrons. The Morgan fingerprint density at radius 1 is 1.38 bits per heavy atom. The lowest BCUT2D eigenvalue weighted by Crippen LogP contribution is -2.57. The average Bonchev–Trinajstić information content (AvgIpc) is 3.04. The number of carbonyl (C=O) groups is 1. The van der Waals surface area contributed by atoms with Gasteiger partial charge in [-0.2, -0.15) is 0 Å². The Bertz CT molecular complexity index is 762. The van der Waals surface area contributed by atoms with Crippen molar-refractivity contribution in [3.63, 3.8) is 0 Å². The number of aromatic amines is 1. The maximum atomic E-state index is 12.9. The lowest BCUT2D eigenvalue weighted by atomic mass is 10.0. The highest BCUT2D eigenvalue weighted by Gasteiger charge is 2.37. The number of ether oxygens (including phenoxy) is 2. The Balaban J connectivity index is 1.62. The average molecular weight is 337 g/mol. The minimum absolute atomic E-state index is 0.00547. The predicted octanol–water partition coefficient (Wildman–Crippen LogP) is 2.13. The summed E-state index contributed by atoms with van der Waals surface area (Å²) in [6.07, 6.45) is -2.03. The fourth-order valence-corrected chi connectivity index (χ4v) is 3.37. The number of H-pyrrole nitrogens is 1. The van der Waals surface area contributed by atoms with Gasteiger partial charge in [-0.25, -0.2) is 13.8 Å². The molecule has 8 heteroatoms. The first-order valence-corrected chi connectivity index (χ1v) is 7.91. The highest BCUT2D eigenvalue weighted by Crippen LogP contribution is 2.25. The second kappa shape index (κ2) is 6.10. The maximum absolute atomic E-state index is 12.9. The van der Waals surface area contributed by atoms with Crippen LogP contribution in [0.5, 0.6) is 0 Å². The molecule has 2 aliphatic heterocycles. The van der Waals surface area contributed by atoms with Crippen molar-refractivity contribution in [2.24, 2.45) is 0 Å². The van der Waals surface area contributed by atoms with E-state index in [0.29, 0.717) is 43.0 Å². The molecule has 1 amide bonds. The molecule has 2 aromatic rings. The molecule has 0 bridgehead atoms. The molecule has 0 spiro atoms. The van der Waals surface area contributed by atoms with E-state index in [1.165, 1.54) is 0 Å². The first-order valence-electron chi connectivity index (χ1n) is 7.91. The topological polar surface area (TPSA) is 67.5 Å². The number of aromatic nitrogens is 2. The van der Waals surface area contributed by atoms with Gasteiger partial charge >= 0.3 is 0 Å². The number of amides is 1. The van der Waals surface area contributed by atoms with Gasteiger partial charge in [0.15, 0.2) is 5.82 Å². The van der Waals surface area contributed by atoms with Gasteiger partial charge in [0.05, 0.1) is 30.3 Å². The first-order chi connectivity index (χ1) is 11.6. The molecular formula is C16H17F2N3O3. The van der Waals surface area contributed by atoms with Crippen molar-refractivity contribution in [1.82, 2.24) is 14.9 Å². The van der Waals surface area contributed by atoms with Gasteiger partial charge in [-0.3, -0.25) is 4.79 Å². The fraction of sp³-hybridized carbons (Fsp3) is 0.500. The Morgan fingerprint density at radius 2 is 2.25 bits per heavy atom. The monoisotopic (exact) mass is 337 g/mol. The molecule has 6 nitrogen and oxygen atoms in total. The van der Waals surface area contributed by atoms with Gasteiger partial charge in [-0.05, 0) is 24.6 Å². The van der Waals surface area contributed by atoms with Crippen LogP contribution < -0.4 is 0 Å². The summed E-state index contributed by atoms with van der Waals surface area (Å²) in [5.41, 5.74) is 1.32. The summed E-state index contributed by atoms with van der Waals surface area (Å²) in [7, 11) is 0. The Labute approximate surface area is 136 Å². The highest BCUT2D eigenvalue weighted by atomic mass is 19.3. The molecule has 1 aromatic carbocycles. The Morgan fingerprint density at radius 3 is 3.08 bits per heavy atom. The number of hydrogen-bond donors (Lipinski definition) is 1. The lowest BCUT2D eigenvalue weighted by Gasteiger charge is -2.43. The van der Waals surface area contributed by atoms with E-state index in [9.17, 15) is 13.6 Å². The van der Waals surface area contributed by atoms with Crippen molar-refractivity contribution in [2.75, 3.05) is 26.4 Å². The Kier molecular flexibility index (Phi) is 3.93. The lowest BCUT2D eigenvalue weighted by molar-refractivity contribution is -0.124. The van der Waals surface area contributed by atoms with Crippen LogP contribution in [0.3, 0.4) is 0 Å². The van der Waals surface area contributed by atoms with Gasteiger partial charge in [0.1, 0.15) is 6.10 Å². The van der Waals surface area contributed by atoms with E-state index in [0.717, 1.165) is 6.42 Å². The van der Waals surface area contributed by atoms with Gasteiger partial charge < -0.3 is 19.4 Å². The first kappa shape index (κ1) is 15.5. The van der Waals surface area contributed by atoms with Gasteiger partial charge in [0.25, 0.3) is 12.3 Å². The summed E-state index contributed by atoms with van der Waals surface area (Å²) in [4.78, 5) is 21.1. The SMILES string of the molecule is O=C(c1ccc2nc(C(F)F)[nH]c2c1)N1CCO[C@@H]2COCC[C@@H]21. The van der Waals surface area contributed by atoms with Crippen molar-refractivity contribution in [3.8, 4) is 0 Å². The molecule has 3 heterocycles. The van der Waals surface area contributed by atoms with E-state index < -0.39 is 6.43 Å². The summed E-state index contributed by atoms with van der Waals surface area (Å²) in [6.45, 7) is 2.08. The summed E-state index contributed by atoms with van der Waals surface area (Å²) in [5, 5.41) is 0. The summed E-state index contributed by atoms with van der Waals surface area (Å²) in [6, 6.07) is 4.80. The molecular weight excluding hydrogens is 320 g/mol. The number of rotatable bonds is 2. The summed E-state index contributed by atoms with van der Waals surface area (Å²) < 4.78 is 36.6. The van der Waals surface area contributed by atoms with Gasteiger partial charge in [-0.15, -0.1) is 0 Å². The second-order valence-corrected chi connectivity index (χ2v) is 5.99. The zero-order chi connectivity index (χ0) is 16.7. The molecule has 1 N–H and O–H groups in total. The minimum atomic E-state index is -2.67. The number of morpholine rings is 1. The zero-order valence-corrected chi connectivity index (χ0v) is 12.9. The molecule has 4 rings (SSSR count). The van der Waals surface area contributed by atoms with Crippen molar-refractivity contribution in [2.45, 2.75) is 25.0 Å². The molecule has 1 aromatic heterocycles. The van der Waals surface area contributed by atoms with Gasteiger partial charge in [0, 0.05) is 18.7 Å². The van der Waals surface area contributed by atoms with E-state index >= 15 is 0 Å². The van der Waals surface area contributed by atoms with Crippen molar-refractivity contribution in [1.29, 1.82) is 0 Å². The van der Waals surface area contributed by atoms with Crippen LogP contribution in [0.2, 0.25) is 0 Å². The summed E-state index contributed by atoms with van der Waals surface area (Å²) in [5.74, 6) is -0.504. The summed E-state index contributed by atoms with van der Waals surface area (Å²) >= 11 is 0. The fourth-order valence-electron chi connectivity index (χ4n) is 3.37. The second-order valence-electron chi connectivity index (χ2n) is 5.99. The number of carbonyl (C=O) groups excluding carboxylic acids is 1. The molecule has 2 saturated heterocycles. The Hall–Kier alpha value is -2.06. The van der Waals surface area contributed by atoms with Gasteiger partial charge in [0.2, 0.25) is 0 Å². The highest BCUT2D eigenvalue weighted by molar-refractivity contribution is 5.97. The third-order valence-electron chi connectivity index (χ3n) is 4.55. The largest absolute Gasteiger partial charge is 0.379 e. The quantitative estimate of drug-likeness (QED) is 0.912. The number of fused-ring (bicyclic) bond motifs is 2. The standard InChI is InChI=1S/C16H17F2N3O3/c17-14(18)15-19-10-2-1-9(7-11(10)20-15)16(22)21-4-6-24-13-8-23-5-3-12(13)21/h1-2,7,12-14H,3-6,8H2,(H,19,20)/t12-,13+/m0/s1. The van der Waals surface area contributed by atoms with E-state index in [2.05, 4.69) is 9.97 Å². The molecule has 128 valence electrons. The van der Waals surface area contributed by atoms with Crippen molar-refractivity contribution >= 4 is 16.9 Å². The van der Waals surface area contributed by atoms with Crippen LogP contribution in [0, 0.1) is 0 Å². The molecule has 2 aliphatic rings. The number of benzene rings is 1. The van der Waals surface area contributed by atoms with Crippen LogP contribution in [-0.4, -0.2) is 59.3 Å². The number of imidazole rings is 1. The normalized spacial score (nSPS) is 24.4. The van der Waals surface area contributed by atoms with Crippen LogP contribution in [0.4, 0.5) is 8.78 Å².